The lowest BCUT2D eigenvalue weighted by molar-refractivity contribution is 0.0821. The zero-order valence-corrected chi connectivity index (χ0v) is 18.5. The van der Waals surface area contributed by atoms with Gasteiger partial charge in [-0.15, -0.1) is 0 Å². The number of benzene rings is 2. The number of rotatable bonds is 8. The molecule has 0 bridgehead atoms. The van der Waals surface area contributed by atoms with E-state index in [4.69, 9.17) is 4.74 Å². The molecule has 1 saturated heterocycles. The van der Waals surface area contributed by atoms with Crippen LogP contribution in [0.25, 0.3) is 0 Å². The van der Waals surface area contributed by atoms with Gasteiger partial charge in [-0.2, -0.15) is 0 Å². The SMILES string of the molecule is CC(C)NC(=O)c1cccc(CNCC2CCN(C(=O)OCc3ccccc3)CC2)c1. The normalized spacial score (nSPS) is 14.5. The third-order valence-electron chi connectivity index (χ3n) is 5.45. The Hall–Kier alpha value is -2.86. The molecule has 2 aromatic carbocycles. The standard InChI is InChI=1S/C25H33N3O3/c1-19(2)27-24(29)23-10-6-9-22(15-23)17-26-16-20-11-13-28(14-12-20)25(30)31-18-21-7-4-3-5-8-21/h3-10,15,19-20,26H,11-14,16-18H2,1-2H3,(H,27,29). The predicted octanol–water partition coefficient (Wildman–Crippen LogP) is 3.96. The summed E-state index contributed by atoms with van der Waals surface area (Å²) in [4.78, 5) is 26.3. The van der Waals surface area contributed by atoms with Crippen molar-refractivity contribution in [3.05, 3.63) is 71.3 Å². The van der Waals surface area contributed by atoms with E-state index in [1.807, 2.05) is 68.4 Å². The van der Waals surface area contributed by atoms with Gasteiger partial charge in [-0.3, -0.25) is 4.79 Å². The Morgan fingerprint density at radius 2 is 1.74 bits per heavy atom. The average Bonchev–Trinajstić information content (AvgIpc) is 2.78. The van der Waals surface area contributed by atoms with E-state index in [-0.39, 0.29) is 18.0 Å². The largest absolute Gasteiger partial charge is 0.445 e. The molecule has 0 spiro atoms. The molecule has 2 amide bonds. The van der Waals surface area contributed by atoms with Crippen LogP contribution in [0, 0.1) is 5.92 Å². The van der Waals surface area contributed by atoms with Crippen molar-refractivity contribution < 1.29 is 14.3 Å². The second-order valence-corrected chi connectivity index (χ2v) is 8.43. The lowest BCUT2D eigenvalue weighted by Gasteiger charge is -2.31. The van der Waals surface area contributed by atoms with Gasteiger partial charge in [0.15, 0.2) is 0 Å². The Bertz CT molecular complexity index is 846. The summed E-state index contributed by atoms with van der Waals surface area (Å²) in [5.74, 6) is 0.494. The van der Waals surface area contributed by atoms with Crippen LogP contribution in [0.5, 0.6) is 0 Å². The molecule has 0 unspecified atom stereocenters. The maximum Gasteiger partial charge on any atom is 0.410 e. The first-order chi connectivity index (χ1) is 15.0. The second kappa shape index (κ2) is 11.5. The van der Waals surface area contributed by atoms with E-state index >= 15 is 0 Å². The number of carbonyl (C=O) groups excluding carboxylic acids is 2. The van der Waals surface area contributed by atoms with Crippen LogP contribution in [-0.2, 0) is 17.9 Å². The zero-order chi connectivity index (χ0) is 22.1. The Kier molecular flexibility index (Phi) is 8.47. The number of piperidine rings is 1. The molecular formula is C25H33N3O3. The minimum Gasteiger partial charge on any atom is -0.445 e. The number of likely N-dealkylation sites (tertiary alicyclic amines) is 1. The highest BCUT2D eigenvalue weighted by atomic mass is 16.6. The van der Waals surface area contributed by atoms with Crippen molar-refractivity contribution >= 4 is 12.0 Å². The highest BCUT2D eigenvalue weighted by Crippen LogP contribution is 2.18. The van der Waals surface area contributed by atoms with E-state index in [1.165, 1.54) is 0 Å². The predicted molar refractivity (Wildman–Crippen MR) is 122 cm³/mol. The van der Waals surface area contributed by atoms with E-state index < -0.39 is 0 Å². The third-order valence-corrected chi connectivity index (χ3v) is 5.45. The molecule has 1 aliphatic rings. The first kappa shape index (κ1) is 22.8. The van der Waals surface area contributed by atoms with Gasteiger partial charge < -0.3 is 20.3 Å². The Morgan fingerprint density at radius 3 is 2.45 bits per heavy atom. The van der Waals surface area contributed by atoms with E-state index in [0.717, 1.165) is 50.1 Å². The minimum atomic E-state index is -0.230. The molecule has 3 rings (SSSR count). The van der Waals surface area contributed by atoms with Gasteiger partial charge in [-0.1, -0.05) is 42.5 Å². The summed E-state index contributed by atoms with van der Waals surface area (Å²) in [6, 6.07) is 17.6. The maximum absolute atomic E-state index is 12.3. The van der Waals surface area contributed by atoms with Crippen LogP contribution in [0.15, 0.2) is 54.6 Å². The molecular weight excluding hydrogens is 390 g/mol. The second-order valence-electron chi connectivity index (χ2n) is 8.43. The molecule has 31 heavy (non-hydrogen) atoms. The molecule has 0 atom stereocenters. The number of nitrogens with one attached hydrogen (secondary N) is 2. The van der Waals surface area contributed by atoms with E-state index in [9.17, 15) is 9.59 Å². The van der Waals surface area contributed by atoms with Crippen LogP contribution in [-0.4, -0.2) is 42.6 Å². The number of nitrogens with zero attached hydrogens (tertiary/aromatic N) is 1. The first-order valence-electron chi connectivity index (χ1n) is 11.1. The van der Waals surface area contributed by atoms with Crippen LogP contribution in [0.3, 0.4) is 0 Å². The van der Waals surface area contributed by atoms with Gasteiger partial charge in [0.25, 0.3) is 5.91 Å². The van der Waals surface area contributed by atoms with Crippen molar-refractivity contribution in [2.24, 2.45) is 5.92 Å². The van der Waals surface area contributed by atoms with Crippen molar-refractivity contribution in [3.8, 4) is 0 Å². The molecule has 6 nitrogen and oxygen atoms in total. The van der Waals surface area contributed by atoms with E-state index in [1.54, 1.807) is 4.90 Å². The third kappa shape index (κ3) is 7.40. The summed E-state index contributed by atoms with van der Waals surface area (Å²) < 4.78 is 5.43. The lowest BCUT2D eigenvalue weighted by atomic mass is 9.97. The fourth-order valence-corrected chi connectivity index (χ4v) is 3.72. The fraction of sp³-hybridized carbons (Fsp3) is 0.440. The molecule has 1 aliphatic heterocycles. The van der Waals surface area contributed by atoms with Gasteiger partial charge in [-0.05, 0) is 62.4 Å². The summed E-state index contributed by atoms with van der Waals surface area (Å²) in [5.41, 5.74) is 2.79. The number of carbonyl (C=O) groups is 2. The Morgan fingerprint density at radius 1 is 1.03 bits per heavy atom. The van der Waals surface area contributed by atoms with E-state index in [0.29, 0.717) is 18.1 Å². The first-order valence-corrected chi connectivity index (χ1v) is 11.1. The highest BCUT2D eigenvalue weighted by molar-refractivity contribution is 5.94. The van der Waals surface area contributed by atoms with Gasteiger partial charge in [-0.25, -0.2) is 4.79 Å². The summed E-state index contributed by atoms with van der Waals surface area (Å²) >= 11 is 0. The van der Waals surface area contributed by atoms with Gasteiger partial charge in [0.05, 0.1) is 0 Å². The van der Waals surface area contributed by atoms with E-state index in [2.05, 4.69) is 10.6 Å². The zero-order valence-electron chi connectivity index (χ0n) is 18.5. The summed E-state index contributed by atoms with van der Waals surface area (Å²) in [7, 11) is 0. The Balaban J connectivity index is 1.36. The van der Waals surface area contributed by atoms with Crippen LogP contribution < -0.4 is 10.6 Å². The fourth-order valence-electron chi connectivity index (χ4n) is 3.72. The topological polar surface area (TPSA) is 70.7 Å². The van der Waals surface area contributed by atoms with Crippen molar-refractivity contribution in [2.75, 3.05) is 19.6 Å². The summed E-state index contributed by atoms with van der Waals surface area (Å²) in [5, 5.41) is 6.43. The molecule has 0 radical (unpaired) electrons. The lowest BCUT2D eigenvalue weighted by Crippen LogP contribution is -2.40. The summed E-state index contributed by atoms with van der Waals surface area (Å²) in [6.45, 7) is 7.30. The molecule has 2 N–H and O–H groups in total. The van der Waals surface area contributed by atoms with Gasteiger partial charge in [0.1, 0.15) is 6.61 Å². The van der Waals surface area contributed by atoms with Crippen molar-refractivity contribution in [2.45, 2.75) is 45.9 Å². The summed E-state index contributed by atoms with van der Waals surface area (Å²) in [6.07, 6.45) is 1.70. The Labute approximate surface area is 185 Å². The van der Waals surface area contributed by atoms with Crippen molar-refractivity contribution in [3.63, 3.8) is 0 Å². The molecule has 0 aromatic heterocycles. The molecule has 1 heterocycles. The molecule has 0 aliphatic carbocycles. The van der Waals surface area contributed by atoms with Crippen molar-refractivity contribution in [1.29, 1.82) is 0 Å². The monoisotopic (exact) mass is 423 g/mol. The highest BCUT2D eigenvalue weighted by Gasteiger charge is 2.23. The molecule has 1 fully saturated rings. The van der Waals surface area contributed by atoms with Crippen LogP contribution in [0.4, 0.5) is 4.79 Å². The number of ether oxygens (including phenoxy) is 1. The van der Waals surface area contributed by atoms with Crippen LogP contribution in [0.2, 0.25) is 0 Å². The molecule has 2 aromatic rings. The van der Waals surface area contributed by atoms with Crippen LogP contribution in [0.1, 0.15) is 48.2 Å². The van der Waals surface area contributed by atoms with Crippen molar-refractivity contribution in [1.82, 2.24) is 15.5 Å². The number of hydrogen-bond donors (Lipinski definition) is 2. The number of amides is 2. The average molecular weight is 424 g/mol. The maximum atomic E-state index is 12.3. The molecule has 166 valence electrons. The smallest absolute Gasteiger partial charge is 0.410 e. The quantitative estimate of drug-likeness (QED) is 0.674. The van der Waals surface area contributed by atoms with Gasteiger partial charge in [0, 0.05) is 31.2 Å². The van der Waals surface area contributed by atoms with Gasteiger partial charge in [0.2, 0.25) is 0 Å². The number of hydrogen-bond acceptors (Lipinski definition) is 4. The van der Waals surface area contributed by atoms with Gasteiger partial charge >= 0.3 is 6.09 Å². The van der Waals surface area contributed by atoms with Crippen LogP contribution >= 0.6 is 0 Å². The molecule has 0 saturated carbocycles. The minimum absolute atomic E-state index is 0.0385. The molecule has 6 heteroatoms.